The van der Waals surface area contributed by atoms with Crippen LogP contribution in [-0.2, 0) is 14.0 Å². The highest BCUT2D eigenvalue weighted by Gasteiger charge is 2.33. The molecule has 6 heteroatoms. The van der Waals surface area contributed by atoms with E-state index in [-0.39, 0.29) is 18.6 Å². The summed E-state index contributed by atoms with van der Waals surface area (Å²) in [4.78, 5) is 13.6. The monoisotopic (exact) mass is 319 g/mol. The number of rotatable bonds is 2. The van der Waals surface area contributed by atoms with Gasteiger partial charge in [0.2, 0.25) is 0 Å². The van der Waals surface area contributed by atoms with E-state index in [1.165, 1.54) is 4.90 Å². The maximum Gasteiger partial charge on any atom is 0.493 e. The highest BCUT2D eigenvalue weighted by Crippen LogP contribution is 2.22. The number of hydrogen-bond donors (Lipinski definition) is 0. The molecule has 1 aromatic rings. The maximum absolute atomic E-state index is 12.1. The molecule has 0 bridgehead atoms. The quantitative estimate of drug-likeness (QED) is 0.787. The lowest BCUT2D eigenvalue weighted by Crippen LogP contribution is -2.47. The van der Waals surface area contributed by atoms with Gasteiger partial charge in [0.05, 0.1) is 0 Å². The van der Waals surface area contributed by atoms with Gasteiger partial charge in [-0.1, -0.05) is 26.0 Å². The first-order valence-electron chi connectivity index (χ1n) is 7.87. The number of ether oxygens (including phenoxy) is 1. The zero-order valence-corrected chi connectivity index (χ0v) is 14.9. The highest BCUT2D eigenvalue weighted by molar-refractivity contribution is 6.61. The van der Waals surface area contributed by atoms with Crippen LogP contribution in [0.15, 0.2) is 24.3 Å². The van der Waals surface area contributed by atoms with Crippen LogP contribution in [0.2, 0.25) is 0 Å². The second kappa shape index (κ2) is 6.53. The molecular formula is C17H26BNO4. The summed E-state index contributed by atoms with van der Waals surface area (Å²) in [6.45, 7) is 11.1. The second-order valence-electron chi connectivity index (χ2n) is 7.75. The molecule has 0 saturated carbocycles. The van der Waals surface area contributed by atoms with Gasteiger partial charge in [-0.2, -0.15) is 0 Å². The van der Waals surface area contributed by atoms with E-state index in [9.17, 15) is 4.79 Å². The van der Waals surface area contributed by atoms with Crippen LogP contribution in [0.3, 0.4) is 0 Å². The molecule has 2 rings (SSSR count). The summed E-state index contributed by atoms with van der Waals surface area (Å²) >= 11 is 0. The minimum atomic E-state index is -0.512. The van der Waals surface area contributed by atoms with E-state index in [0.717, 1.165) is 11.2 Å². The van der Waals surface area contributed by atoms with Crippen LogP contribution in [0.25, 0.3) is 0 Å². The van der Waals surface area contributed by atoms with Gasteiger partial charge >= 0.3 is 13.2 Å². The molecule has 0 spiro atoms. The van der Waals surface area contributed by atoms with Crippen LogP contribution >= 0.6 is 0 Å². The van der Waals surface area contributed by atoms with Crippen molar-refractivity contribution in [2.24, 2.45) is 5.41 Å². The number of hydrogen-bond acceptors (Lipinski definition) is 4. The van der Waals surface area contributed by atoms with Crippen LogP contribution in [0, 0.1) is 5.41 Å². The Morgan fingerprint density at radius 1 is 1.17 bits per heavy atom. The highest BCUT2D eigenvalue weighted by atomic mass is 16.6. The number of benzene rings is 1. The Balaban J connectivity index is 2.01. The molecule has 0 aliphatic carbocycles. The third-order valence-corrected chi connectivity index (χ3v) is 3.47. The van der Waals surface area contributed by atoms with Gasteiger partial charge in [0.15, 0.2) is 0 Å². The molecule has 1 aliphatic rings. The predicted molar refractivity (Wildman–Crippen MR) is 92.2 cm³/mol. The second-order valence-corrected chi connectivity index (χ2v) is 7.75. The fourth-order valence-corrected chi connectivity index (χ4v) is 2.18. The van der Waals surface area contributed by atoms with Crippen molar-refractivity contribution in [3.05, 3.63) is 24.3 Å². The van der Waals surface area contributed by atoms with E-state index < -0.39 is 5.60 Å². The first-order valence-corrected chi connectivity index (χ1v) is 7.87. The van der Waals surface area contributed by atoms with Crippen molar-refractivity contribution in [2.45, 2.75) is 40.2 Å². The largest absolute Gasteiger partial charge is 0.493 e. The molecule has 1 amide bonds. The Labute approximate surface area is 139 Å². The maximum atomic E-state index is 12.1. The smallest absolute Gasteiger partial charge is 0.443 e. The van der Waals surface area contributed by atoms with Crippen molar-refractivity contribution in [1.82, 2.24) is 0 Å². The molecule has 23 heavy (non-hydrogen) atoms. The lowest BCUT2D eigenvalue weighted by molar-refractivity contribution is 0.0343. The molecule has 1 saturated heterocycles. The van der Waals surface area contributed by atoms with Gasteiger partial charge in [0.1, 0.15) is 5.60 Å². The van der Waals surface area contributed by atoms with Crippen LogP contribution in [0.1, 0.15) is 34.6 Å². The number of carbonyl (C=O) groups excluding carboxylic acids is 1. The third-order valence-electron chi connectivity index (χ3n) is 3.47. The summed E-state index contributed by atoms with van der Waals surface area (Å²) in [6.07, 6.45) is -0.378. The van der Waals surface area contributed by atoms with E-state index in [4.69, 9.17) is 14.0 Å². The normalized spacial score (nSPS) is 17.7. The Bertz CT molecular complexity index is 541. The average molecular weight is 319 g/mol. The fraction of sp³-hybridized carbons (Fsp3) is 0.588. The molecule has 1 aliphatic heterocycles. The minimum absolute atomic E-state index is 0.0490. The first kappa shape index (κ1) is 17.8. The molecule has 126 valence electrons. The van der Waals surface area contributed by atoms with Crippen molar-refractivity contribution < 1.29 is 18.8 Å². The van der Waals surface area contributed by atoms with Crippen molar-refractivity contribution in [3.8, 4) is 0 Å². The summed E-state index contributed by atoms with van der Waals surface area (Å²) in [5.74, 6) is 0. The van der Waals surface area contributed by atoms with Gasteiger partial charge in [0, 0.05) is 31.4 Å². The summed E-state index contributed by atoms with van der Waals surface area (Å²) in [7, 11) is 1.35. The van der Waals surface area contributed by atoms with E-state index in [2.05, 4.69) is 13.8 Å². The molecule has 5 nitrogen and oxygen atoms in total. The molecular weight excluding hydrogens is 293 g/mol. The molecule has 1 fully saturated rings. The summed E-state index contributed by atoms with van der Waals surface area (Å²) in [6, 6.07) is 7.57. The molecule has 0 atom stereocenters. The number of carbonyl (C=O) groups is 1. The first-order chi connectivity index (χ1) is 10.6. The molecule has 0 radical (unpaired) electrons. The number of nitrogens with zero attached hydrogens (tertiary/aromatic N) is 1. The zero-order chi connectivity index (χ0) is 17.3. The van der Waals surface area contributed by atoms with Gasteiger partial charge in [0.25, 0.3) is 0 Å². The van der Waals surface area contributed by atoms with Crippen LogP contribution in [0.5, 0.6) is 0 Å². The van der Waals surface area contributed by atoms with Gasteiger partial charge in [-0.05, 0) is 38.4 Å². The zero-order valence-electron chi connectivity index (χ0n) is 14.9. The van der Waals surface area contributed by atoms with Crippen LogP contribution in [-0.4, -0.2) is 39.1 Å². The molecule has 0 aromatic heterocycles. The summed E-state index contributed by atoms with van der Waals surface area (Å²) in [5.41, 5.74) is 1.25. The Morgan fingerprint density at radius 2 is 1.70 bits per heavy atom. The Hall–Kier alpha value is -1.53. The van der Waals surface area contributed by atoms with Crippen LogP contribution in [0.4, 0.5) is 10.5 Å². The van der Waals surface area contributed by atoms with E-state index in [1.807, 2.05) is 45.0 Å². The molecule has 0 unspecified atom stereocenters. The Kier molecular flexibility index (Phi) is 5.06. The van der Waals surface area contributed by atoms with E-state index in [1.54, 1.807) is 7.05 Å². The topological polar surface area (TPSA) is 48.0 Å². The molecule has 1 heterocycles. The van der Waals surface area contributed by atoms with Gasteiger partial charge in [-0.15, -0.1) is 0 Å². The molecule has 1 aromatic carbocycles. The SMILES string of the molecule is CN(C(=O)OC(C)(C)C)c1ccc(B2OCC(C)(C)CO2)cc1. The average Bonchev–Trinajstić information content (AvgIpc) is 2.45. The predicted octanol–water partition coefficient (Wildman–Crippen LogP) is 2.83. The van der Waals surface area contributed by atoms with Crippen molar-refractivity contribution >= 4 is 24.4 Å². The van der Waals surface area contributed by atoms with Gasteiger partial charge in [-0.3, -0.25) is 4.90 Å². The van der Waals surface area contributed by atoms with Crippen molar-refractivity contribution in [2.75, 3.05) is 25.2 Å². The van der Waals surface area contributed by atoms with E-state index >= 15 is 0 Å². The van der Waals surface area contributed by atoms with Crippen molar-refractivity contribution in [3.63, 3.8) is 0 Å². The minimum Gasteiger partial charge on any atom is -0.443 e. The van der Waals surface area contributed by atoms with Gasteiger partial charge in [-0.25, -0.2) is 4.79 Å². The fourth-order valence-electron chi connectivity index (χ4n) is 2.18. The van der Waals surface area contributed by atoms with Crippen molar-refractivity contribution in [1.29, 1.82) is 0 Å². The summed E-state index contributed by atoms with van der Waals surface area (Å²) < 4.78 is 16.9. The number of amides is 1. The standard InChI is InChI=1S/C17H26BNO4/c1-16(2,3)23-15(20)19(6)14-9-7-13(8-10-14)18-21-11-17(4,5)12-22-18/h7-10H,11-12H2,1-6H3. The third kappa shape index (κ3) is 4.98. The van der Waals surface area contributed by atoms with Crippen LogP contribution < -0.4 is 10.4 Å². The number of anilines is 1. The Morgan fingerprint density at radius 3 is 2.17 bits per heavy atom. The lowest BCUT2D eigenvalue weighted by atomic mass is 9.76. The van der Waals surface area contributed by atoms with E-state index in [0.29, 0.717) is 13.2 Å². The van der Waals surface area contributed by atoms with Gasteiger partial charge < -0.3 is 14.0 Å². The molecule has 0 N–H and O–H groups in total. The summed E-state index contributed by atoms with van der Waals surface area (Å²) in [5, 5.41) is 0. The lowest BCUT2D eigenvalue weighted by Gasteiger charge is -2.33.